The highest BCUT2D eigenvalue weighted by Gasteiger charge is 2.34. The molecule has 116 valence electrons. The van der Waals surface area contributed by atoms with E-state index in [9.17, 15) is 14.9 Å². The maximum Gasteiger partial charge on any atom is 0.433 e. The van der Waals surface area contributed by atoms with E-state index in [-0.39, 0.29) is 23.7 Å². The molecule has 2 fully saturated rings. The zero-order valence-corrected chi connectivity index (χ0v) is 13.0. The van der Waals surface area contributed by atoms with Crippen LogP contribution in [-0.4, -0.2) is 39.3 Å². The highest BCUT2D eigenvalue weighted by molar-refractivity contribution is 8.26. The van der Waals surface area contributed by atoms with Crippen molar-refractivity contribution in [2.75, 3.05) is 13.2 Å². The highest BCUT2D eigenvalue weighted by atomic mass is 32.2. The van der Waals surface area contributed by atoms with E-state index in [1.54, 1.807) is 0 Å². The summed E-state index contributed by atoms with van der Waals surface area (Å²) in [7, 11) is 0. The molecule has 1 aromatic heterocycles. The average Bonchev–Trinajstić information content (AvgIpc) is 3.18. The Morgan fingerprint density at radius 3 is 3.00 bits per heavy atom. The largest absolute Gasteiger partial charge is 0.433 e. The van der Waals surface area contributed by atoms with Crippen LogP contribution in [0.3, 0.4) is 0 Å². The Morgan fingerprint density at radius 2 is 2.36 bits per heavy atom. The van der Waals surface area contributed by atoms with Crippen molar-refractivity contribution in [3.8, 4) is 0 Å². The van der Waals surface area contributed by atoms with Gasteiger partial charge in [-0.05, 0) is 18.9 Å². The maximum atomic E-state index is 12.4. The summed E-state index contributed by atoms with van der Waals surface area (Å²) in [5, 5.41) is 10.6. The fourth-order valence-corrected chi connectivity index (χ4v) is 3.55. The van der Waals surface area contributed by atoms with Crippen LogP contribution in [0.4, 0.5) is 5.88 Å². The normalized spacial score (nSPS) is 23.7. The van der Waals surface area contributed by atoms with Crippen molar-refractivity contribution in [2.24, 2.45) is 0 Å². The summed E-state index contributed by atoms with van der Waals surface area (Å²) in [5.74, 6) is -0.324. The van der Waals surface area contributed by atoms with Crippen molar-refractivity contribution in [1.82, 2.24) is 4.90 Å². The third-order valence-electron chi connectivity index (χ3n) is 3.35. The molecule has 2 aliphatic rings. The van der Waals surface area contributed by atoms with Gasteiger partial charge in [-0.3, -0.25) is 19.8 Å². The van der Waals surface area contributed by atoms with Crippen molar-refractivity contribution in [2.45, 2.75) is 18.9 Å². The van der Waals surface area contributed by atoms with Gasteiger partial charge < -0.3 is 9.15 Å². The Balaban J connectivity index is 1.74. The zero-order chi connectivity index (χ0) is 15.7. The van der Waals surface area contributed by atoms with Crippen LogP contribution in [0.15, 0.2) is 21.5 Å². The molecule has 3 rings (SSSR count). The molecule has 22 heavy (non-hydrogen) atoms. The number of nitrogens with zero attached hydrogens (tertiary/aromatic N) is 2. The third kappa shape index (κ3) is 3.06. The summed E-state index contributed by atoms with van der Waals surface area (Å²) in [6.07, 6.45) is 3.40. The molecule has 0 aromatic carbocycles. The highest BCUT2D eigenvalue weighted by Crippen LogP contribution is 2.34. The number of hydrogen-bond donors (Lipinski definition) is 0. The molecule has 0 saturated carbocycles. The molecule has 1 amide bonds. The van der Waals surface area contributed by atoms with Crippen molar-refractivity contribution >= 4 is 46.2 Å². The molecule has 1 aromatic rings. The number of nitro groups is 1. The number of carbonyl (C=O) groups excluding carboxylic acids is 1. The first-order valence-corrected chi connectivity index (χ1v) is 7.88. The predicted octanol–water partition coefficient (Wildman–Crippen LogP) is 2.57. The topological polar surface area (TPSA) is 85.8 Å². The van der Waals surface area contributed by atoms with E-state index in [1.165, 1.54) is 23.1 Å². The van der Waals surface area contributed by atoms with Crippen LogP contribution in [0.1, 0.15) is 18.6 Å². The molecule has 0 bridgehead atoms. The lowest BCUT2D eigenvalue weighted by molar-refractivity contribution is -0.402. The Bertz CT molecular complexity index is 663. The van der Waals surface area contributed by atoms with Gasteiger partial charge >= 0.3 is 5.88 Å². The number of thiocarbonyl (C=S) groups is 1. The van der Waals surface area contributed by atoms with Crippen LogP contribution in [0.2, 0.25) is 0 Å². The van der Waals surface area contributed by atoms with Crippen molar-refractivity contribution in [3.05, 3.63) is 32.9 Å². The van der Waals surface area contributed by atoms with Crippen LogP contribution in [0.5, 0.6) is 0 Å². The summed E-state index contributed by atoms with van der Waals surface area (Å²) in [6, 6.07) is 2.70. The lowest BCUT2D eigenvalue weighted by Gasteiger charge is -2.18. The minimum Gasteiger partial charge on any atom is -0.401 e. The minimum atomic E-state index is -0.625. The number of furan rings is 1. The van der Waals surface area contributed by atoms with E-state index in [4.69, 9.17) is 21.4 Å². The number of amides is 1. The molecule has 2 aliphatic heterocycles. The average molecular weight is 340 g/mol. The van der Waals surface area contributed by atoms with Crippen LogP contribution in [0, 0.1) is 10.1 Å². The van der Waals surface area contributed by atoms with Gasteiger partial charge in [0.1, 0.15) is 15.0 Å². The van der Waals surface area contributed by atoms with E-state index in [0.717, 1.165) is 24.6 Å². The van der Waals surface area contributed by atoms with E-state index < -0.39 is 4.92 Å². The van der Waals surface area contributed by atoms with Gasteiger partial charge in [-0.1, -0.05) is 24.0 Å². The summed E-state index contributed by atoms with van der Waals surface area (Å²) < 4.78 is 11.0. The van der Waals surface area contributed by atoms with Crippen LogP contribution < -0.4 is 0 Å². The second-order valence-electron chi connectivity index (χ2n) is 4.86. The first-order chi connectivity index (χ1) is 10.5. The molecular formula is C13H12N2O5S2. The van der Waals surface area contributed by atoms with Gasteiger partial charge in [-0.25, -0.2) is 0 Å². The summed E-state index contributed by atoms with van der Waals surface area (Å²) in [6.45, 7) is 1.16. The van der Waals surface area contributed by atoms with Crippen molar-refractivity contribution in [1.29, 1.82) is 0 Å². The standard InChI is InChI=1S/C13H12N2O5S2/c16-12-10(6-8-3-4-11(20-8)15(17)18)22-13(21)14(12)7-9-2-1-5-19-9/h3-4,6,9H,1-2,5,7H2/b10-6-/t9-/m1/s1. The Hall–Kier alpha value is -1.71. The van der Waals surface area contributed by atoms with E-state index in [2.05, 4.69) is 0 Å². The summed E-state index contributed by atoms with van der Waals surface area (Å²) in [4.78, 5) is 24.2. The molecule has 0 spiro atoms. The van der Waals surface area contributed by atoms with Crippen LogP contribution in [-0.2, 0) is 9.53 Å². The van der Waals surface area contributed by atoms with Crippen molar-refractivity contribution < 1.29 is 18.9 Å². The number of hydrogen-bond acceptors (Lipinski definition) is 7. The van der Waals surface area contributed by atoms with Gasteiger partial charge in [-0.2, -0.15) is 0 Å². The first kappa shape index (κ1) is 15.2. The molecule has 1 atom stereocenters. The molecule has 2 saturated heterocycles. The van der Waals surface area contributed by atoms with E-state index in [0.29, 0.717) is 22.4 Å². The molecule has 7 nitrogen and oxygen atoms in total. The monoisotopic (exact) mass is 340 g/mol. The molecule has 0 aliphatic carbocycles. The zero-order valence-electron chi connectivity index (χ0n) is 11.4. The minimum absolute atomic E-state index is 0.0200. The first-order valence-electron chi connectivity index (χ1n) is 6.66. The van der Waals surface area contributed by atoms with Crippen molar-refractivity contribution in [3.63, 3.8) is 0 Å². The van der Waals surface area contributed by atoms with Gasteiger partial charge in [-0.15, -0.1) is 0 Å². The number of ether oxygens (including phenoxy) is 1. The van der Waals surface area contributed by atoms with Crippen LogP contribution >= 0.6 is 24.0 Å². The molecular weight excluding hydrogens is 328 g/mol. The fourth-order valence-electron chi connectivity index (χ4n) is 2.30. The maximum absolute atomic E-state index is 12.4. The van der Waals surface area contributed by atoms with Gasteiger partial charge in [0.05, 0.1) is 23.6 Å². The van der Waals surface area contributed by atoms with E-state index >= 15 is 0 Å². The summed E-state index contributed by atoms with van der Waals surface area (Å²) >= 11 is 6.39. The smallest absolute Gasteiger partial charge is 0.401 e. The second-order valence-corrected chi connectivity index (χ2v) is 6.54. The third-order valence-corrected chi connectivity index (χ3v) is 4.73. The molecule has 0 unspecified atom stereocenters. The fraction of sp³-hybridized carbons (Fsp3) is 0.385. The van der Waals surface area contributed by atoms with Crippen LogP contribution in [0.25, 0.3) is 6.08 Å². The van der Waals surface area contributed by atoms with Gasteiger partial charge in [0.2, 0.25) is 0 Å². The Morgan fingerprint density at radius 1 is 1.55 bits per heavy atom. The van der Waals surface area contributed by atoms with Gasteiger partial charge in [0, 0.05) is 12.7 Å². The van der Waals surface area contributed by atoms with Gasteiger partial charge in [0.15, 0.2) is 0 Å². The molecule has 0 N–H and O–H groups in total. The lowest BCUT2D eigenvalue weighted by atomic mass is 10.2. The Kier molecular flexibility index (Phi) is 4.27. The Labute approximate surface area is 135 Å². The van der Waals surface area contributed by atoms with E-state index in [1.807, 2.05) is 0 Å². The number of thioether (sulfide) groups is 1. The number of carbonyl (C=O) groups is 1. The lowest BCUT2D eigenvalue weighted by Crippen LogP contribution is -2.35. The second kappa shape index (κ2) is 6.19. The molecule has 0 radical (unpaired) electrons. The SMILES string of the molecule is O=C1/C(=C/c2ccc([N+](=O)[O-])o2)SC(=S)N1C[C@H]1CCCO1. The summed E-state index contributed by atoms with van der Waals surface area (Å²) in [5.41, 5.74) is 0. The quantitative estimate of drug-likeness (QED) is 0.360. The number of rotatable bonds is 4. The predicted molar refractivity (Wildman–Crippen MR) is 84.2 cm³/mol. The molecule has 9 heteroatoms. The van der Waals surface area contributed by atoms with Gasteiger partial charge in [0.25, 0.3) is 5.91 Å². The molecule has 3 heterocycles.